The van der Waals surface area contributed by atoms with E-state index in [0.717, 1.165) is 11.4 Å². The average molecular weight is 243 g/mol. The molecule has 0 saturated heterocycles. The van der Waals surface area contributed by atoms with Crippen molar-refractivity contribution in [2.45, 2.75) is 34.2 Å². The summed E-state index contributed by atoms with van der Waals surface area (Å²) in [7, 11) is 1.98. The highest BCUT2D eigenvalue weighted by Gasteiger charge is 2.14. The lowest BCUT2D eigenvalue weighted by molar-refractivity contribution is 0.748. The number of benzene rings is 1. The first-order valence-electron chi connectivity index (χ1n) is 6.26. The van der Waals surface area contributed by atoms with Gasteiger partial charge < -0.3 is 5.73 Å². The summed E-state index contributed by atoms with van der Waals surface area (Å²) < 4.78 is 1.93. The molecule has 1 aromatic heterocycles. The highest BCUT2D eigenvalue weighted by atomic mass is 15.3. The number of nitrogens with two attached hydrogens (primary N) is 1. The molecule has 0 unspecified atom stereocenters. The lowest BCUT2D eigenvalue weighted by Gasteiger charge is -2.15. The van der Waals surface area contributed by atoms with Crippen molar-refractivity contribution >= 4 is 0 Å². The summed E-state index contributed by atoms with van der Waals surface area (Å²) in [6.07, 6.45) is 0. The van der Waals surface area contributed by atoms with E-state index < -0.39 is 0 Å². The minimum Gasteiger partial charge on any atom is -0.325 e. The fourth-order valence-corrected chi connectivity index (χ4v) is 2.46. The first-order chi connectivity index (χ1) is 8.45. The summed E-state index contributed by atoms with van der Waals surface area (Å²) in [6, 6.07) is 4.34. The Kier molecular flexibility index (Phi) is 3.26. The standard InChI is InChI=1S/C15H21N3/c1-9-6-10(2)12(4)15(11(9)3)14-7-13(8-16)17-18(14)5/h6-7H,8,16H2,1-5H3. The predicted octanol–water partition coefficient (Wildman–Crippen LogP) is 2.78. The zero-order valence-electron chi connectivity index (χ0n) is 11.8. The Morgan fingerprint density at radius 2 is 1.61 bits per heavy atom. The molecule has 1 aromatic carbocycles. The van der Waals surface area contributed by atoms with Crippen molar-refractivity contribution in [1.29, 1.82) is 0 Å². The molecule has 0 spiro atoms. The van der Waals surface area contributed by atoms with E-state index in [0.29, 0.717) is 6.54 Å². The fourth-order valence-electron chi connectivity index (χ4n) is 2.46. The van der Waals surface area contributed by atoms with Gasteiger partial charge in [-0.2, -0.15) is 5.10 Å². The molecule has 0 atom stereocenters. The minimum atomic E-state index is 0.483. The zero-order chi connectivity index (χ0) is 13.4. The van der Waals surface area contributed by atoms with E-state index in [1.54, 1.807) is 0 Å². The van der Waals surface area contributed by atoms with Crippen LogP contribution in [0.2, 0.25) is 0 Å². The van der Waals surface area contributed by atoms with E-state index in [4.69, 9.17) is 5.73 Å². The van der Waals surface area contributed by atoms with Crippen LogP contribution >= 0.6 is 0 Å². The highest BCUT2D eigenvalue weighted by Crippen LogP contribution is 2.31. The third kappa shape index (κ3) is 1.95. The summed E-state index contributed by atoms with van der Waals surface area (Å²) in [5.74, 6) is 0. The Bertz CT molecular complexity index is 568. The molecule has 0 aliphatic rings. The maximum absolute atomic E-state index is 5.67. The van der Waals surface area contributed by atoms with Gasteiger partial charge in [0.05, 0.1) is 11.4 Å². The molecule has 1 heterocycles. The van der Waals surface area contributed by atoms with Crippen LogP contribution in [-0.2, 0) is 13.6 Å². The molecular weight excluding hydrogens is 222 g/mol. The summed E-state index contributed by atoms with van der Waals surface area (Å²) in [4.78, 5) is 0. The highest BCUT2D eigenvalue weighted by molar-refractivity contribution is 5.71. The summed E-state index contributed by atoms with van der Waals surface area (Å²) in [5, 5.41) is 4.44. The van der Waals surface area contributed by atoms with Crippen molar-refractivity contribution in [3.05, 3.63) is 40.1 Å². The second-order valence-corrected chi connectivity index (χ2v) is 4.98. The summed E-state index contributed by atoms with van der Waals surface area (Å²) in [6.45, 7) is 9.14. The second-order valence-electron chi connectivity index (χ2n) is 4.98. The predicted molar refractivity (Wildman–Crippen MR) is 75.5 cm³/mol. The Hall–Kier alpha value is -1.61. The first kappa shape index (κ1) is 12.8. The van der Waals surface area contributed by atoms with E-state index in [2.05, 4.69) is 44.9 Å². The van der Waals surface area contributed by atoms with Crippen molar-refractivity contribution < 1.29 is 0 Å². The molecule has 18 heavy (non-hydrogen) atoms. The van der Waals surface area contributed by atoms with Gasteiger partial charge in [0.15, 0.2) is 0 Å². The molecule has 0 aliphatic carbocycles. The van der Waals surface area contributed by atoms with Crippen LogP contribution in [0.25, 0.3) is 11.3 Å². The van der Waals surface area contributed by atoms with Gasteiger partial charge in [0.2, 0.25) is 0 Å². The van der Waals surface area contributed by atoms with Crippen LogP contribution in [0.1, 0.15) is 27.9 Å². The molecular formula is C15H21N3. The molecule has 2 rings (SSSR count). The SMILES string of the molecule is Cc1cc(C)c(C)c(-c2cc(CN)nn2C)c1C. The van der Waals surface area contributed by atoms with Crippen LogP contribution in [0, 0.1) is 27.7 Å². The molecule has 0 saturated carbocycles. The topological polar surface area (TPSA) is 43.8 Å². The van der Waals surface area contributed by atoms with Crippen molar-refractivity contribution in [2.24, 2.45) is 12.8 Å². The van der Waals surface area contributed by atoms with E-state index in [9.17, 15) is 0 Å². The molecule has 96 valence electrons. The van der Waals surface area contributed by atoms with E-state index in [1.807, 2.05) is 11.7 Å². The number of aromatic nitrogens is 2. The van der Waals surface area contributed by atoms with Crippen molar-refractivity contribution in [3.8, 4) is 11.3 Å². The third-order valence-corrected chi connectivity index (χ3v) is 3.76. The van der Waals surface area contributed by atoms with Gasteiger partial charge in [0, 0.05) is 19.2 Å². The van der Waals surface area contributed by atoms with Crippen molar-refractivity contribution in [2.75, 3.05) is 0 Å². The molecule has 0 amide bonds. The van der Waals surface area contributed by atoms with Gasteiger partial charge in [-0.15, -0.1) is 0 Å². The van der Waals surface area contributed by atoms with Gasteiger partial charge in [0.25, 0.3) is 0 Å². The maximum Gasteiger partial charge on any atom is 0.0766 e. The van der Waals surface area contributed by atoms with Gasteiger partial charge in [-0.3, -0.25) is 4.68 Å². The molecule has 0 radical (unpaired) electrons. The number of rotatable bonds is 2. The van der Waals surface area contributed by atoms with Crippen LogP contribution in [0.3, 0.4) is 0 Å². The zero-order valence-corrected chi connectivity index (χ0v) is 11.8. The van der Waals surface area contributed by atoms with Crippen LogP contribution < -0.4 is 5.73 Å². The number of hydrogen-bond donors (Lipinski definition) is 1. The maximum atomic E-state index is 5.67. The number of nitrogens with zero attached hydrogens (tertiary/aromatic N) is 2. The second kappa shape index (κ2) is 4.58. The number of hydrogen-bond acceptors (Lipinski definition) is 2. The summed E-state index contributed by atoms with van der Waals surface area (Å²) >= 11 is 0. The largest absolute Gasteiger partial charge is 0.325 e. The van der Waals surface area contributed by atoms with Gasteiger partial charge in [-0.1, -0.05) is 6.07 Å². The molecule has 2 aromatic rings. The average Bonchev–Trinajstić information content (AvgIpc) is 2.69. The van der Waals surface area contributed by atoms with Crippen LogP contribution in [0.15, 0.2) is 12.1 Å². The van der Waals surface area contributed by atoms with E-state index >= 15 is 0 Å². The first-order valence-corrected chi connectivity index (χ1v) is 6.26. The Morgan fingerprint density at radius 1 is 1.06 bits per heavy atom. The Morgan fingerprint density at radius 3 is 2.06 bits per heavy atom. The summed E-state index contributed by atoms with van der Waals surface area (Å²) in [5.41, 5.74) is 14.3. The van der Waals surface area contributed by atoms with Crippen LogP contribution in [-0.4, -0.2) is 9.78 Å². The van der Waals surface area contributed by atoms with Gasteiger partial charge in [-0.25, -0.2) is 0 Å². The van der Waals surface area contributed by atoms with Crippen molar-refractivity contribution in [3.63, 3.8) is 0 Å². The molecule has 3 heteroatoms. The van der Waals surface area contributed by atoms with Gasteiger partial charge in [0.1, 0.15) is 0 Å². The van der Waals surface area contributed by atoms with Crippen molar-refractivity contribution in [1.82, 2.24) is 9.78 Å². The normalized spacial score (nSPS) is 11.0. The molecule has 2 N–H and O–H groups in total. The van der Waals surface area contributed by atoms with Crippen LogP contribution in [0.5, 0.6) is 0 Å². The fraction of sp³-hybridized carbons (Fsp3) is 0.400. The molecule has 0 fully saturated rings. The number of aryl methyl sites for hydroxylation is 3. The quantitative estimate of drug-likeness (QED) is 0.881. The van der Waals surface area contributed by atoms with Crippen LogP contribution in [0.4, 0.5) is 0 Å². The molecule has 0 aliphatic heterocycles. The van der Waals surface area contributed by atoms with E-state index in [-0.39, 0.29) is 0 Å². The lowest BCUT2D eigenvalue weighted by atomic mass is 9.92. The Balaban J connectivity index is 2.73. The van der Waals surface area contributed by atoms with Gasteiger partial charge in [-0.05, 0) is 56.0 Å². The lowest BCUT2D eigenvalue weighted by Crippen LogP contribution is -2.01. The molecule has 0 bridgehead atoms. The molecule has 3 nitrogen and oxygen atoms in total. The van der Waals surface area contributed by atoms with Gasteiger partial charge >= 0.3 is 0 Å². The Labute approximate surface area is 109 Å². The minimum absolute atomic E-state index is 0.483. The van der Waals surface area contributed by atoms with E-state index in [1.165, 1.54) is 27.8 Å². The monoisotopic (exact) mass is 243 g/mol. The third-order valence-electron chi connectivity index (χ3n) is 3.76. The smallest absolute Gasteiger partial charge is 0.0766 e.